The van der Waals surface area contributed by atoms with E-state index in [0.717, 1.165) is 11.0 Å². The van der Waals surface area contributed by atoms with Crippen LogP contribution >= 0.6 is 0 Å². The van der Waals surface area contributed by atoms with Crippen molar-refractivity contribution in [1.29, 1.82) is 0 Å². The number of benzene rings is 1. The van der Waals surface area contributed by atoms with E-state index in [1.54, 1.807) is 0 Å². The maximum absolute atomic E-state index is 11.3. The molecular weight excluding hydrogens is 192 g/mol. The molecule has 0 radical (unpaired) electrons. The fourth-order valence-electron chi connectivity index (χ4n) is 1.74. The zero-order chi connectivity index (χ0) is 10.4. The van der Waals surface area contributed by atoms with Gasteiger partial charge in [0.25, 0.3) is 5.56 Å². The maximum Gasteiger partial charge on any atom is 0.250 e. The van der Waals surface area contributed by atoms with Gasteiger partial charge in [-0.1, -0.05) is 12.1 Å². The zero-order valence-electron chi connectivity index (χ0n) is 7.78. The Morgan fingerprint density at radius 2 is 2.07 bits per heavy atom. The molecule has 0 spiro atoms. The molecule has 2 aromatic heterocycles. The molecule has 0 aliphatic rings. The third kappa shape index (κ3) is 1.05. The van der Waals surface area contributed by atoms with Crippen LogP contribution in [0.2, 0.25) is 0 Å². The molecule has 0 aliphatic carbocycles. The van der Waals surface area contributed by atoms with Gasteiger partial charge in [-0.2, -0.15) is 0 Å². The van der Waals surface area contributed by atoms with Crippen molar-refractivity contribution in [3.63, 3.8) is 0 Å². The summed E-state index contributed by atoms with van der Waals surface area (Å²) >= 11 is 0. The third-order valence-corrected chi connectivity index (χ3v) is 2.39. The van der Waals surface area contributed by atoms with E-state index < -0.39 is 0 Å². The van der Waals surface area contributed by atoms with Gasteiger partial charge in [0, 0.05) is 11.5 Å². The summed E-state index contributed by atoms with van der Waals surface area (Å²) in [5.41, 5.74) is 7.78. The molecule has 0 fully saturated rings. The molecule has 4 nitrogen and oxygen atoms in total. The number of para-hydroxylation sites is 1. The Bertz CT molecular complexity index is 709. The Morgan fingerprint density at radius 1 is 1.27 bits per heavy atom. The summed E-state index contributed by atoms with van der Waals surface area (Å²) in [7, 11) is 0. The highest BCUT2D eigenvalue weighted by molar-refractivity contribution is 6.05. The van der Waals surface area contributed by atoms with Crippen molar-refractivity contribution in [3.05, 3.63) is 40.7 Å². The van der Waals surface area contributed by atoms with Crippen molar-refractivity contribution >= 4 is 27.8 Å². The van der Waals surface area contributed by atoms with E-state index in [4.69, 9.17) is 10.2 Å². The molecule has 3 rings (SSSR count). The number of nitrogens with one attached hydrogen (secondary N) is 1. The number of pyridine rings is 1. The average Bonchev–Trinajstić information content (AvgIpc) is 2.57. The molecule has 2 heterocycles. The van der Waals surface area contributed by atoms with Crippen molar-refractivity contribution in [1.82, 2.24) is 4.98 Å². The number of furan rings is 1. The van der Waals surface area contributed by atoms with Crippen LogP contribution in [0.5, 0.6) is 0 Å². The van der Waals surface area contributed by atoms with Gasteiger partial charge in [-0.3, -0.25) is 4.79 Å². The minimum Gasteiger partial charge on any atom is -0.452 e. The summed E-state index contributed by atoms with van der Waals surface area (Å²) in [5.74, 6) is 0. The number of hydrogen-bond donors (Lipinski definition) is 2. The normalized spacial score (nSPS) is 11.2. The van der Waals surface area contributed by atoms with Gasteiger partial charge < -0.3 is 15.1 Å². The van der Waals surface area contributed by atoms with E-state index in [0.29, 0.717) is 16.8 Å². The van der Waals surface area contributed by atoms with Crippen LogP contribution in [0.1, 0.15) is 0 Å². The van der Waals surface area contributed by atoms with E-state index >= 15 is 0 Å². The molecule has 3 aromatic rings. The number of anilines is 1. The second kappa shape index (κ2) is 2.63. The van der Waals surface area contributed by atoms with Crippen LogP contribution < -0.4 is 11.3 Å². The lowest BCUT2D eigenvalue weighted by molar-refractivity contribution is 0.669. The number of nitrogen functional groups attached to an aromatic ring is 1. The number of fused-ring (bicyclic) bond motifs is 3. The predicted molar refractivity (Wildman–Crippen MR) is 58.8 cm³/mol. The Labute approximate surface area is 84.3 Å². The van der Waals surface area contributed by atoms with Crippen LogP contribution in [0, 0.1) is 0 Å². The molecule has 0 unspecified atom stereocenters. The molecule has 0 atom stereocenters. The molecule has 0 saturated heterocycles. The van der Waals surface area contributed by atoms with E-state index in [1.165, 1.54) is 6.07 Å². The van der Waals surface area contributed by atoms with Crippen LogP contribution in [-0.4, -0.2) is 4.98 Å². The number of aromatic nitrogens is 1. The molecule has 15 heavy (non-hydrogen) atoms. The first-order valence-electron chi connectivity index (χ1n) is 4.56. The van der Waals surface area contributed by atoms with Gasteiger partial charge >= 0.3 is 0 Å². The summed E-state index contributed by atoms with van der Waals surface area (Å²) in [6.07, 6.45) is 0. The highest BCUT2D eigenvalue weighted by atomic mass is 16.3. The van der Waals surface area contributed by atoms with E-state index in [9.17, 15) is 4.79 Å². The molecule has 0 aliphatic heterocycles. The molecule has 74 valence electrons. The monoisotopic (exact) mass is 200 g/mol. The average molecular weight is 200 g/mol. The van der Waals surface area contributed by atoms with Gasteiger partial charge in [-0.25, -0.2) is 0 Å². The SMILES string of the molecule is Nc1cc(=O)[nH]c2c1oc1ccccc12. The first-order valence-corrected chi connectivity index (χ1v) is 4.56. The molecule has 0 bridgehead atoms. The Hall–Kier alpha value is -2.23. The van der Waals surface area contributed by atoms with Gasteiger partial charge in [-0.15, -0.1) is 0 Å². The first-order chi connectivity index (χ1) is 7.25. The molecule has 0 saturated carbocycles. The van der Waals surface area contributed by atoms with Gasteiger partial charge in [0.05, 0.1) is 11.2 Å². The second-order valence-electron chi connectivity index (χ2n) is 3.39. The quantitative estimate of drug-likeness (QED) is 0.581. The van der Waals surface area contributed by atoms with Gasteiger partial charge in [-0.05, 0) is 12.1 Å². The number of nitrogens with two attached hydrogens (primary N) is 1. The van der Waals surface area contributed by atoms with Crippen LogP contribution in [-0.2, 0) is 0 Å². The van der Waals surface area contributed by atoms with Crippen LogP contribution in [0.4, 0.5) is 5.69 Å². The smallest absolute Gasteiger partial charge is 0.250 e. The lowest BCUT2D eigenvalue weighted by Crippen LogP contribution is -2.05. The van der Waals surface area contributed by atoms with Crippen molar-refractivity contribution in [2.75, 3.05) is 5.73 Å². The third-order valence-electron chi connectivity index (χ3n) is 2.39. The minimum atomic E-state index is -0.216. The number of rotatable bonds is 0. The molecule has 3 N–H and O–H groups in total. The van der Waals surface area contributed by atoms with Crippen molar-refractivity contribution in [3.8, 4) is 0 Å². The minimum absolute atomic E-state index is 0.216. The Morgan fingerprint density at radius 3 is 2.93 bits per heavy atom. The molecule has 1 aromatic carbocycles. The lowest BCUT2D eigenvalue weighted by Gasteiger charge is -1.92. The van der Waals surface area contributed by atoms with Crippen LogP contribution in [0.25, 0.3) is 22.1 Å². The number of H-pyrrole nitrogens is 1. The van der Waals surface area contributed by atoms with Crippen LogP contribution in [0.15, 0.2) is 39.5 Å². The summed E-state index contributed by atoms with van der Waals surface area (Å²) < 4.78 is 5.54. The highest BCUT2D eigenvalue weighted by Gasteiger charge is 2.09. The molecular formula is C11H8N2O2. The second-order valence-corrected chi connectivity index (χ2v) is 3.39. The zero-order valence-corrected chi connectivity index (χ0v) is 7.78. The van der Waals surface area contributed by atoms with Gasteiger partial charge in [0.15, 0.2) is 5.58 Å². The number of aromatic amines is 1. The molecule has 0 amide bonds. The van der Waals surface area contributed by atoms with Crippen molar-refractivity contribution in [2.45, 2.75) is 0 Å². The van der Waals surface area contributed by atoms with E-state index in [2.05, 4.69) is 4.98 Å². The fraction of sp³-hybridized carbons (Fsp3) is 0. The number of hydrogen-bond acceptors (Lipinski definition) is 3. The topological polar surface area (TPSA) is 72.0 Å². The first kappa shape index (κ1) is 8.11. The van der Waals surface area contributed by atoms with Crippen molar-refractivity contribution < 1.29 is 4.42 Å². The fourth-order valence-corrected chi connectivity index (χ4v) is 1.74. The van der Waals surface area contributed by atoms with E-state index in [1.807, 2.05) is 24.3 Å². The summed E-state index contributed by atoms with van der Waals surface area (Å²) in [5, 5.41) is 0.872. The van der Waals surface area contributed by atoms with Crippen molar-refractivity contribution in [2.24, 2.45) is 0 Å². The van der Waals surface area contributed by atoms with Crippen LogP contribution in [0.3, 0.4) is 0 Å². The van der Waals surface area contributed by atoms with Gasteiger partial charge in [0.2, 0.25) is 0 Å². The lowest BCUT2D eigenvalue weighted by atomic mass is 10.2. The molecule has 4 heteroatoms. The largest absolute Gasteiger partial charge is 0.452 e. The van der Waals surface area contributed by atoms with E-state index in [-0.39, 0.29) is 5.56 Å². The summed E-state index contributed by atoms with van der Waals surface area (Å²) in [4.78, 5) is 14.0. The maximum atomic E-state index is 11.3. The predicted octanol–water partition coefficient (Wildman–Crippen LogP) is 1.86. The highest BCUT2D eigenvalue weighted by Crippen LogP contribution is 2.28. The Kier molecular flexibility index (Phi) is 1.42. The standard InChI is InChI=1S/C11H8N2O2/c12-7-5-9(14)13-10-6-3-1-2-4-8(6)15-11(7)10/h1-5H,(H3,12,13,14). The summed E-state index contributed by atoms with van der Waals surface area (Å²) in [6, 6.07) is 8.81. The summed E-state index contributed by atoms with van der Waals surface area (Å²) in [6.45, 7) is 0. The Balaban J connectivity index is 2.66. The van der Waals surface area contributed by atoms with Gasteiger partial charge in [0.1, 0.15) is 5.58 Å².